The maximum Gasteiger partial charge on any atom is 0.330 e. The lowest BCUT2D eigenvalue weighted by molar-refractivity contribution is -0.139. The standard InChI is InChI=1S/C12H11N5O3/c18-10(19)9(8-4-2-1-3-5-8)15-12(20)16-11-13-6-7-14-17-11/h1-7,9H,(H,18,19)(H2,13,15,16,17,20)/t9-/m1/s1. The molecule has 0 saturated heterocycles. The first kappa shape index (κ1) is 13.4. The molecule has 2 amide bonds. The van der Waals surface area contributed by atoms with Gasteiger partial charge in [0.25, 0.3) is 5.95 Å². The molecular weight excluding hydrogens is 262 g/mol. The van der Waals surface area contributed by atoms with Crippen molar-refractivity contribution >= 4 is 17.9 Å². The van der Waals surface area contributed by atoms with E-state index in [9.17, 15) is 9.59 Å². The van der Waals surface area contributed by atoms with Crippen molar-refractivity contribution in [2.45, 2.75) is 6.04 Å². The molecule has 0 fully saturated rings. The van der Waals surface area contributed by atoms with Gasteiger partial charge >= 0.3 is 12.0 Å². The second kappa shape index (κ2) is 6.23. The summed E-state index contributed by atoms with van der Waals surface area (Å²) in [4.78, 5) is 26.7. The van der Waals surface area contributed by atoms with Crippen molar-refractivity contribution < 1.29 is 14.7 Å². The Labute approximate surface area is 113 Å². The van der Waals surface area contributed by atoms with E-state index in [2.05, 4.69) is 25.8 Å². The first-order valence-electron chi connectivity index (χ1n) is 5.66. The first-order valence-corrected chi connectivity index (χ1v) is 5.66. The third kappa shape index (κ3) is 3.48. The Morgan fingerprint density at radius 3 is 2.50 bits per heavy atom. The van der Waals surface area contributed by atoms with Crippen LogP contribution in [-0.4, -0.2) is 32.3 Å². The van der Waals surface area contributed by atoms with Gasteiger partial charge in [-0.05, 0) is 5.56 Å². The third-order valence-electron chi connectivity index (χ3n) is 2.36. The summed E-state index contributed by atoms with van der Waals surface area (Å²) in [6.45, 7) is 0. The molecule has 8 heteroatoms. The van der Waals surface area contributed by atoms with Gasteiger partial charge in [-0.15, -0.1) is 5.10 Å². The maximum absolute atomic E-state index is 11.7. The fraction of sp³-hybridized carbons (Fsp3) is 0.0833. The zero-order valence-electron chi connectivity index (χ0n) is 10.2. The van der Waals surface area contributed by atoms with Gasteiger partial charge in [-0.25, -0.2) is 14.6 Å². The number of nitrogens with one attached hydrogen (secondary N) is 2. The number of rotatable bonds is 4. The van der Waals surface area contributed by atoms with Crippen LogP contribution in [0.5, 0.6) is 0 Å². The number of urea groups is 1. The van der Waals surface area contributed by atoms with E-state index in [0.29, 0.717) is 5.56 Å². The van der Waals surface area contributed by atoms with E-state index in [4.69, 9.17) is 5.11 Å². The molecule has 1 atom stereocenters. The monoisotopic (exact) mass is 273 g/mol. The number of carbonyl (C=O) groups excluding carboxylic acids is 1. The average Bonchev–Trinajstić information content (AvgIpc) is 2.46. The van der Waals surface area contributed by atoms with E-state index in [0.717, 1.165) is 0 Å². The lowest BCUT2D eigenvalue weighted by Gasteiger charge is -2.14. The van der Waals surface area contributed by atoms with E-state index in [1.807, 2.05) is 0 Å². The Bertz CT molecular complexity index is 591. The van der Waals surface area contributed by atoms with Gasteiger partial charge in [0.2, 0.25) is 0 Å². The fourth-order valence-corrected chi connectivity index (χ4v) is 1.51. The first-order chi connectivity index (χ1) is 9.66. The lowest BCUT2D eigenvalue weighted by atomic mass is 10.1. The molecule has 1 heterocycles. The number of hydrogen-bond donors (Lipinski definition) is 3. The van der Waals surface area contributed by atoms with Crippen LogP contribution in [0.25, 0.3) is 0 Å². The summed E-state index contributed by atoms with van der Waals surface area (Å²) >= 11 is 0. The molecular formula is C12H11N5O3. The molecule has 2 aromatic rings. The number of aliphatic carboxylic acids is 1. The van der Waals surface area contributed by atoms with Crippen LogP contribution in [0.4, 0.5) is 10.7 Å². The molecule has 0 bridgehead atoms. The Kier molecular flexibility index (Phi) is 4.17. The molecule has 0 radical (unpaired) electrons. The molecule has 8 nitrogen and oxygen atoms in total. The van der Waals surface area contributed by atoms with Gasteiger partial charge < -0.3 is 10.4 Å². The number of amides is 2. The number of hydrogen-bond acceptors (Lipinski definition) is 5. The topological polar surface area (TPSA) is 117 Å². The number of nitrogens with zero attached hydrogens (tertiary/aromatic N) is 3. The van der Waals surface area contributed by atoms with Crippen LogP contribution in [0.15, 0.2) is 42.7 Å². The van der Waals surface area contributed by atoms with Crippen LogP contribution >= 0.6 is 0 Å². The van der Waals surface area contributed by atoms with Crippen molar-refractivity contribution in [3.8, 4) is 0 Å². The molecule has 0 saturated carbocycles. The van der Waals surface area contributed by atoms with Crippen LogP contribution in [-0.2, 0) is 4.79 Å². The molecule has 0 aliphatic carbocycles. The minimum absolute atomic E-state index is 0.0119. The van der Waals surface area contributed by atoms with Crippen LogP contribution in [0, 0.1) is 0 Å². The van der Waals surface area contributed by atoms with E-state index in [1.54, 1.807) is 30.3 Å². The van der Waals surface area contributed by atoms with Crippen LogP contribution < -0.4 is 10.6 Å². The second-order valence-corrected chi connectivity index (χ2v) is 3.75. The fourth-order valence-electron chi connectivity index (χ4n) is 1.51. The highest BCUT2D eigenvalue weighted by atomic mass is 16.4. The molecule has 0 aliphatic heterocycles. The molecule has 102 valence electrons. The molecule has 1 aromatic heterocycles. The van der Waals surface area contributed by atoms with Crippen LogP contribution in [0.2, 0.25) is 0 Å². The summed E-state index contributed by atoms with van der Waals surface area (Å²) in [5.41, 5.74) is 0.460. The van der Waals surface area contributed by atoms with Gasteiger partial charge in [-0.3, -0.25) is 5.32 Å². The lowest BCUT2D eigenvalue weighted by Crippen LogP contribution is -2.37. The smallest absolute Gasteiger partial charge is 0.330 e. The van der Waals surface area contributed by atoms with Gasteiger partial charge in [0.15, 0.2) is 6.04 Å². The Morgan fingerprint density at radius 2 is 1.90 bits per heavy atom. The van der Waals surface area contributed by atoms with E-state index < -0.39 is 18.0 Å². The SMILES string of the molecule is O=C(Nc1nccnn1)N[C@@H](C(=O)O)c1ccccc1. The number of aromatic nitrogens is 3. The van der Waals surface area contributed by atoms with Gasteiger partial charge in [-0.1, -0.05) is 30.3 Å². The van der Waals surface area contributed by atoms with Crippen molar-refractivity contribution in [2.75, 3.05) is 5.32 Å². The minimum Gasteiger partial charge on any atom is -0.479 e. The zero-order valence-corrected chi connectivity index (χ0v) is 10.2. The van der Waals surface area contributed by atoms with Crippen molar-refractivity contribution in [1.29, 1.82) is 0 Å². The Hall–Kier alpha value is -3.03. The van der Waals surface area contributed by atoms with Gasteiger partial charge in [-0.2, -0.15) is 5.10 Å². The van der Waals surface area contributed by atoms with E-state index >= 15 is 0 Å². The van der Waals surface area contributed by atoms with Gasteiger partial charge in [0, 0.05) is 0 Å². The maximum atomic E-state index is 11.7. The normalized spacial score (nSPS) is 11.4. The van der Waals surface area contributed by atoms with E-state index in [-0.39, 0.29) is 5.95 Å². The van der Waals surface area contributed by atoms with Crippen molar-refractivity contribution in [1.82, 2.24) is 20.5 Å². The molecule has 0 unspecified atom stereocenters. The number of carboxylic acid groups (broad SMARTS) is 1. The Balaban J connectivity index is 2.06. The highest BCUT2D eigenvalue weighted by Crippen LogP contribution is 2.12. The number of carbonyl (C=O) groups is 2. The van der Waals surface area contributed by atoms with Gasteiger partial charge in [0.05, 0.1) is 12.4 Å². The largest absolute Gasteiger partial charge is 0.479 e. The van der Waals surface area contributed by atoms with Crippen LogP contribution in [0.3, 0.4) is 0 Å². The van der Waals surface area contributed by atoms with Crippen LogP contribution in [0.1, 0.15) is 11.6 Å². The number of anilines is 1. The molecule has 0 aliphatic rings. The summed E-state index contributed by atoms with van der Waals surface area (Å²) in [6.07, 6.45) is 2.71. The predicted octanol–water partition coefficient (Wildman–Crippen LogP) is 0.819. The summed E-state index contributed by atoms with van der Waals surface area (Å²) < 4.78 is 0. The van der Waals surface area contributed by atoms with Crippen molar-refractivity contribution in [3.05, 3.63) is 48.3 Å². The number of benzene rings is 1. The molecule has 20 heavy (non-hydrogen) atoms. The Morgan fingerprint density at radius 1 is 1.15 bits per heavy atom. The van der Waals surface area contributed by atoms with Gasteiger partial charge in [0.1, 0.15) is 0 Å². The second-order valence-electron chi connectivity index (χ2n) is 3.75. The zero-order chi connectivity index (χ0) is 14.4. The minimum atomic E-state index is -1.17. The molecule has 3 N–H and O–H groups in total. The molecule has 1 aromatic carbocycles. The summed E-state index contributed by atoms with van der Waals surface area (Å²) in [5.74, 6) is -1.18. The highest BCUT2D eigenvalue weighted by molar-refractivity contribution is 5.91. The summed E-state index contributed by atoms with van der Waals surface area (Å²) in [6, 6.07) is 6.47. The molecule has 0 spiro atoms. The average molecular weight is 273 g/mol. The summed E-state index contributed by atoms with van der Waals surface area (Å²) in [7, 11) is 0. The number of carboxylic acids is 1. The van der Waals surface area contributed by atoms with E-state index in [1.165, 1.54) is 12.4 Å². The predicted molar refractivity (Wildman–Crippen MR) is 68.8 cm³/mol. The molecule has 2 rings (SSSR count). The third-order valence-corrected chi connectivity index (χ3v) is 2.36. The van der Waals surface area contributed by atoms with Crippen molar-refractivity contribution in [3.63, 3.8) is 0 Å². The quantitative estimate of drug-likeness (QED) is 0.759. The summed E-state index contributed by atoms with van der Waals surface area (Å²) in [5, 5.41) is 20.9. The van der Waals surface area contributed by atoms with Crippen molar-refractivity contribution in [2.24, 2.45) is 0 Å². The highest BCUT2D eigenvalue weighted by Gasteiger charge is 2.22.